The van der Waals surface area contributed by atoms with Gasteiger partial charge in [-0.3, -0.25) is 10.7 Å². The van der Waals surface area contributed by atoms with Crippen molar-refractivity contribution in [3.05, 3.63) is 30.1 Å². The molecule has 3 nitrogen and oxygen atoms in total. The Labute approximate surface area is 59.5 Å². The van der Waals surface area contributed by atoms with Gasteiger partial charge in [-0.2, -0.15) is 0 Å². The number of hydrogen-bond acceptors (Lipinski definition) is 3. The number of nitrogens with zero attached hydrogens (tertiary/aromatic N) is 1. The Morgan fingerprint density at radius 3 is 2.60 bits per heavy atom. The molecule has 0 aliphatic rings. The average molecular weight is 138 g/mol. The van der Waals surface area contributed by atoms with Gasteiger partial charge in [-0.05, 0) is 19.1 Å². The third kappa shape index (κ3) is 1.52. The van der Waals surface area contributed by atoms with Crippen LogP contribution in [0.1, 0.15) is 12.6 Å². The molecule has 0 saturated heterocycles. The minimum absolute atomic E-state index is 0.481. The van der Waals surface area contributed by atoms with Crippen LogP contribution in [0.5, 0.6) is 0 Å². The van der Waals surface area contributed by atoms with Crippen LogP contribution < -0.4 is 5.73 Å². The van der Waals surface area contributed by atoms with Crippen molar-refractivity contribution in [1.29, 1.82) is 0 Å². The molecule has 0 amide bonds. The summed E-state index contributed by atoms with van der Waals surface area (Å²) in [5.74, 6) is 0. The van der Waals surface area contributed by atoms with Gasteiger partial charge in [0.1, 0.15) is 0 Å². The molecule has 1 aromatic heterocycles. The second-order valence-corrected chi connectivity index (χ2v) is 2.36. The molecule has 10 heavy (non-hydrogen) atoms. The van der Waals surface area contributed by atoms with Crippen LogP contribution in [0, 0.1) is 0 Å². The van der Waals surface area contributed by atoms with Gasteiger partial charge in [0.2, 0.25) is 0 Å². The molecule has 1 unspecified atom stereocenters. The zero-order valence-corrected chi connectivity index (χ0v) is 5.78. The summed E-state index contributed by atoms with van der Waals surface area (Å²) in [7, 11) is 0. The van der Waals surface area contributed by atoms with E-state index in [1.54, 1.807) is 24.4 Å². The maximum Gasteiger partial charge on any atom is 0.153 e. The number of nitrogens with two attached hydrogens (primary N) is 1. The summed E-state index contributed by atoms with van der Waals surface area (Å²) in [4.78, 5) is 3.88. The normalized spacial score (nSPS) is 16.3. The molecule has 1 heterocycles. The first kappa shape index (κ1) is 7.18. The van der Waals surface area contributed by atoms with Crippen molar-refractivity contribution in [2.24, 2.45) is 5.73 Å². The van der Waals surface area contributed by atoms with E-state index in [1.807, 2.05) is 0 Å². The van der Waals surface area contributed by atoms with Gasteiger partial charge in [0.15, 0.2) is 5.72 Å². The SMILES string of the molecule is CC(N)(O)c1ccccn1. The highest BCUT2D eigenvalue weighted by Gasteiger charge is 2.16. The van der Waals surface area contributed by atoms with Crippen LogP contribution in [-0.2, 0) is 5.72 Å². The Kier molecular flexibility index (Phi) is 1.70. The van der Waals surface area contributed by atoms with E-state index >= 15 is 0 Å². The lowest BCUT2D eigenvalue weighted by Crippen LogP contribution is -2.33. The fraction of sp³-hybridized carbons (Fsp3) is 0.286. The molecule has 54 valence electrons. The van der Waals surface area contributed by atoms with Gasteiger partial charge < -0.3 is 5.11 Å². The van der Waals surface area contributed by atoms with E-state index in [2.05, 4.69) is 4.98 Å². The minimum Gasteiger partial charge on any atom is -0.370 e. The minimum atomic E-state index is -1.32. The quantitative estimate of drug-likeness (QED) is 0.545. The van der Waals surface area contributed by atoms with Crippen molar-refractivity contribution in [2.45, 2.75) is 12.6 Å². The van der Waals surface area contributed by atoms with Gasteiger partial charge in [0, 0.05) is 6.20 Å². The van der Waals surface area contributed by atoms with Gasteiger partial charge in [-0.25, -0.2) is 0 Å². The number of aliphatic hydroxyl groups is 1. The summed E-state index contributed by atoms with van der Waals surface area (Å²) >= 11 is 0. The number of rotatable bonds is 1. The van der Waals surface area contributed by atoms with Crippen molar-refractivity contribution < 1.29 is 5.11 Å². The molecule has 0 spiro atoms. The van der Waals surface area contributed by atoms with E-state index in [1.165, 1.54) is 6.92 Å². The Hall–Kier alpha value is -0.930. The van der Waals surface area contributed by atoms with E-state index in [4.69, 9.17) is 5.73 Å². The molecular formula is C7H10N2O. The Morgan fingerprint density at radius 2 is 2.30 bits per heavy atom. The van der Waals surface area contributed by atoms with Crippen LogP contribution in [0.3, 0.4) is 0 Å². The average Bonchev–Trinajstić information content (AvgIpc) is 1.88. The number of hydrogen-bond donors (Lipinski definition) is 2. The van der Waals surface area contributed by atoms with Crippen molar-refractivity contribution >= 4 is 0 Å². The lowest BCUT2D eigenvalue weighted by Gasteiger charge is -2.15. The molecule has 3 N–H and O–H groups in total. The molecular weight excluding hydrogens is 128 g/mol. The fourth-order valence-electron chi connectivity index (χ4n) is 0.662. The Morgan fingerprint density at radius 1 is 1.60 bits per heavy atom. The molecule has 1 atom stereocenters. The van der Waals surface area contributed by atoms with Crippen molar-refractivity contribution in [1.82, 2.24) is 4.98 Å². The van der Waals surface area contributed by atoms with E-state index in [-0.39, 0.29) is 0 Å². The number of aromatic nitrogens is 1. The van der Waals surface area contributed by atoms with Crippen LogP contribution in [0.15, 0.2) is 24.4 Å². The van der Waals surface area contributed by atoms with Gasteiger partial charge >= 0.3 is 0 Å². The van der Waals surface area contributed by atoms with Gasteiger partial charge in [0.05, 0.1) is 5.69 Å². The smallest absolute Gasteiger partial charge is 0.153 e. The third-order valence-corrected chi connectivity index (χ3v) is 1.18. The third-order valence-electron chi connectivity index (χ3n) is 1.18. The zero-order valence-electron chi connectivity index (χ0n) is 5.78. The summed E-state index contributed by atoms with van der Waals surface area (Å²) < 4.78 is 0. The van der Waals surface area contributed by atoms with Gasteiger partial charge in [-0.1, -0.05) is 6.07 Å². The standard InChI is InChI=1S/C7H10N2O/c1-7(8,10)6-4-2-3-5-9-6/h2-5,10H,8H2,1H3. The van der Waals surface area contributed by atoms with Gasteiger partial charge in [-0.15, -0.1) is 0 Å². The zero-order chi connectivity index (χ0) is 7.61. The van der Waals surface area contributed by atoms with E-state index in [9.17, 15) is 5.11 Å². The predicted molar refractivity (Wildman–Crippen MR) is 38.0 cm³/mol. The molecule has 0 bridgehead atoms. The first-order valence-corrected chi connectivity index (χ1v) is 3.03. The maximum absolute atomic E-state index is 9.20. The molecule has 0 aliphatic heterocycles. The fourth-order valence-corrected chi connectivity index (χ4v) is 0.662. The topological polar surface area (TPSA) is 59.1 Å². The van der Waals surface area contributed by atoms with Crippen LogP contribution in [0.4, 0.5) is 0 Å². The summed E-state index contributed by atoms with van der Waals surface area (Å²) in [6.07, 6.45) is 1.59. The second-order valence-electron chi connectivity index (χ2n) is 2.36. The van der Waals surface area contributed by atoms with Crippen molar-refractivity contribution in [2.75, 3.05) is 0 Å². The molecule has 3 heteroatoms. The van der Waals surface area contributed by atoms with Crippen LogP contribution >= 0.6 is 0 Å². The van der Waals surface area contributed by atoms with E-state index in [0.717, 1.165) is 0 Å². The molecule has 0 fully saturated rings. The van der Waals surface area contributed by atoms with E-state index in [0.29, 0.717) is 5.69 Å². The predicted octanol–water partition coefficient (Wildman–Crippen LogP) is 0.205. The molecule has 0 saturated carbocycles. The molecule has 0 aliphatic carbocycles. The first-order valence-electron chi connectivity index (χ1n) is 3.03. The highest BCUT2D eigenvalue weighted by molar-refractivity contribution is 5.09. The summed E-state index contributed by atoms with van der Waals surface area (Å²) in [6, 6.07) is 5.24. The number of pyridine rings is 1. The summed E-state index contributed by atoms with van der Waals surface area (Å²) in [5, 5.41) is 9.20. The molecule has 1 aromatic rings. The Balaban J connectivity index is 2.97. The highest BCUT2D eigenvalue weighted by atomic mass is 16.3. The van der Waals surface area contributed by atoms with Crippen molar-refractivity contribution in [3.8, 4) is 0 Å². The molecule has 1 rings (SSSR count). The maximum atomic E-state index is 9.20. The molecule has 0 aromatic carbocycles. The molecule has 0 radical (unpaired) electrons. The van der Waals surface area contributed by atoms with Gasteiger partial charge in [0.25, 0.3) is 0 Å². The second kappa shape index (κ2) is 2.36. The largest absolute Gasteiger partial charge is 0.370 e. The van der Waals surface area contributed by atoms with Crippen LogP contribution in [0.25, 0.3) is 0 Å². The summed E-state index contributed by atoms with van der Waals surface area (Å²) in [6.45, 7) is 1.50. The first-order chi connectivity index (χ1) is 4.61. The lowest BCUT2D eigenvalue weighted by atomic mass is 10.2. The van der Waals surface area contributed by atoms with Crippen molar-refractivity contribution in [3.63, 3.8) is 0 Å². The van der Waals surface area contributed by atoms with E-state index < -0.39 is 5.72 Å². The summed E-state index contributed by atoms with van der Waals surface area (Å²) in [5.41, 5.74) is 4.51. The lowest BCUT2D eigenvalue weighted by molar-refractivity contribution is 0.0600. The van der Waals surface area contributed by atoms with Crippen LogP contribution in [0.2, 0.25) is 0 Å². The Bertz CT molecular complexity index is 203. The van der Waals surface area contributed by atoms with Crippen LogP contribution in [-0.4, -0.2) is 10.1 Å². The monoisotopic (exact) mass is 138 g/mol. The highest BCUT2D eigenvalue weighted by Crippen LogP contribution is 2.08.